The van der Waals surface area contributed by atoms with Gasteiger partial charge in [-0.25, -0.2) is 8.42 Å². The molecule has 0 radical (unpaired) electrons. The summed E-state index contributed by atoms with van der Waals surface area (Å²) in [6.45, 7) is 0.326. The van der Waals surface area contributed by atoms with Gasteiger partial charge in [0.2, 0.25) is 0 Å². The monoisotopic (exact) mass is 241 g/mol. The first-order chi connectivity index (χ1) is 7.53. The van der Waals surface area contributed by atoms with Gasteiger partial charge in [0, 0.05) is 17.5 Å². The van der Waals surface area contributed by atoms with E-state index in [0.29, 0.717) is 12.3 Å². The van der Waals surface area contributed by atoms with Crippen LogP contribution in [0.3, 0.4) is 0 Å². The van der Waals surface area contributed by atoms with Gasteiger partial charge in [0.15, 0.2) is 9.84 Å². The lowest BCUT2D eigenvalue weighted by Crippen LogP contribution is -2.56. The number of rotatable bonds is 3. The highest BCUT2D eigenvalue weighted by Gasteiger charge is 2.49. The van der Waals surface area contributed by atoms with Crippen LogP contribution < -0.4 is 10.5 Å². The fourth-order valence-corrected chi connectivity index (χ4v) is 4.41. The summed E-state index contributed by atoms with van der Waals surface area (Å²) in [5.74, 6) is 0.955. The third-order valence-electron chi connectivity index (χ3n) is 3.06. The van der Waals surface area contributed by atoms with Crippen LogP contribution in [0.4, 0.5) is 0 Å². The predicted octanol–water partition coefficient (Wildman–Crippen LogP) is 0.320. The van der Waals surface area contributed by atoms with Crippen molar-refractivity contribution in [2.24, 2.45) is 5.73 Å². The number of hydrogen-bond acceptors (Lipinski definition) is 4. The second-order valence-electron chi connectivity index (χ2n) is 4.22. The maximum absolute atomic E-state index is 11.3. The topological polar surface area (TPSA) is 69.4 Å². The molecule has 0 aliphatic carbocycles. The molecular formula is C11H15NO3S. The Hall–Kier alpha value is -1.07. The minimum Gasteiger partial charge on any atom is -0.496 e. The lowest BCUT2D eigenvalue weighted by molar-refractivity contribution is 0.386. The molecule has 1 aliphatic heterocycles. The van der Waals surface area contributed by atoms with Gasteiger partial charge in [-0.2, -0.15) is 0 Å². The van der Waals surface area contributed by atoms with E-state index < -0.39 is 15.3 Å². The molecule has 0 spiro atoms. The molecule has 88 valence electrons. The Bertz CT molecular complexity index is 484. The van der Waals surface area contributed by atoms with Gasteiger partial charge in [0.1, 0.15) is 5.75 Å². The van der Waals surface area contributed by atoms with Crippen molar-refractivity contribution in [1.29, 1.82) is 0 Å². The van der Waals surface area contributed by atoms with Crippen LogP contribution in [-0.4, -0.2) is 33.6 Å². The van der Waals surface area contributed by atoms with Gasteiger partial charge in [-0.15, -0.1) is 0 Å². The Labute approximate surface area is 95.3 Å². The number of para-hydroxylation sites is 1. The van der Waals surface area contributed by atoms with Crippen LogP contribution >= 0.6 is 0 Å². The number of hydrogen-bond donors (Lipinski definition) is 1. The fourth-order valence-electron chi connectivity index (χ4n) is 2.27. The standard InChI is InChI=1S/C11H15NO3S/c1-15-10-5-3-2-4-9(10)11(6-12)7-16(13,14)8-11/h2-5H,6-8,12H2,1H3. The van der Waals surface area contributed by atoms with Gasteiger partial charge in [0.25, 0.3) is 0 Å². The van der Waals surface area contributed by atoms with Crippen molar-refractivity contribution in [2.45, 2.75) is 5.41 Å². The molecule has 0 amide bonds. The van der Waals surface area contributed by atoms with Crippen molar-refractivity contribution in [3.63, 3.8) is 0 Å². The molecule has 1 aromatic rings. The van der Waals surface area contributed by atoms with Crippen molar-refractivity contribution in [2.75, 3.05) is 25.2 Å². The van der Waals surface area contributed by atoms with Crippen molar-refractivity contribution < 1.29 is 13.2 Å². The third kappa shape index (κ3) is 1.70. The van der Waals surface area contributed by atoms with Gasteiger partial charge in [-0.3, -0.25) is 0 Å². The van der Waals surface area contributed by atoms with Crippen LogP contribution in [0.1, 0.15) is 5.56 Å². The maximum Gasteiger partial charge on any atom is 0.152 e. The lowest BCUT2D eigenvalue weighted by Gasteiger charge is -2.41. The molecule has 0 unspecified atom stereocenters. The molecular weight excluding hydrogens is 226 g/mol. The molecule has 1 aromatic carbocycles. The molecule has 1 heterocycles. The van der Waals surface area contributed by atoms with E-state index in [-0.39, 0.29) is 11.5 Å². The van der Waals surface area contributed by atoms with E-state index in [1.807, 2.05) is 24.3 Å². The molecule has 0 atom stereocenters. The Balaban J connectivity index is 2.43. The van der Waals surface area contributed by atoms with Crippen molar-refractivity contribution in [1.82, 2.24) is 0 Å². The average molecular weight is 241 g/mol. The lowest BCUT2D eigenvalue weighted by atomic mass is 9.83. The molecule has 1 aliphatic rings. The van der Waals surface area contributed by atoms with Gasteiger partial charge in [-0.1, -0.05) is 18.2 Å². The summed E-state index contributed by atoms with van der Waals surface area (Å²) in [6.07, 6.45) is 0. The first kappa shape index (κ1) is 11.4. The summed E-state index contributed by atoms with van der Waals surface area (Å²) < 4.78 is 27.9. The minimum absolute atomic E-state index is 0.122. The molecule has 1 saturated heterocycles. The van der Waals surface area contributed by atoms with Gasteiger partial charge < -0.3 is 10.5 Å². The Morgan fingerprint density at radius 2 is 2.00 bits per heavy atom. The summed E-state index contributed by atoms with van der Waals surface area (Å²) in [4.78, 5) is 0. The van der Waals surface area contributed by atoms with E-state index in [9.17, 15) is 8.42 Å². The quantitative estimate of drug-likeness (QED) is 0.827. The number of methoxy groups -OCH3 is 1. The zero-order chi connectivity index (χ0) is 11.8. The second-order valence-corrected chi connectivity index (χ2v) is 6.28. The SMILES string of the molecule is COc1ccccc1C1(CN)CS(=O)(=O)C1. The van der Waals surface area contributed by atoms with Crippen LogP contribution in [0.2, 0.25) is 0 Å². The molecule has 2 rings (SSSR count). The van der Waals surface area contributed by atoms with Crippen LogP contribution in [0.15, 0.2) is 24.3 Å². The molecule has 16 heavy (non-hydrogen) atoms. The van der Waals surface area contributed by atoms with Crippen LogP contribution in [0, 0.1) is 0 Å². The Kier molecular flexibility index (Phi) is 2.67. The molecule has 2 N–H and O–H groups in total. The largest absolute Gasteiger partial charge is 0.496 e. The van der Waals surface area contributed by atoms with Gasteiger partial charge in [-0.05, 0) is 6.07 Å². The van der Waals surface area contributed by atoms with E-state index in [2.05, 4.69) is 0 Å². The summed E-state index contributed by atoms with van der Waals surface area (Å²) in [5.41, 5.74) is 6.17. The van der Waals surface area contributed by atoms with Crippen LogP contribution in [0.25, 0.3) is 0 Å². The predicted molar refractivity (Wildman–Crippen MR) is 62.4 cm³/mol. The zero-order valence-electron chi connectivity index (χ0n) is 9.14. The van der Waals surface area contributed by atoms with Crippen molar-refractivity contribution in [3.8, 4) is 5.75 Å². The first-order valence-corrected chi connectivity index (χ1v) is 6.89. The summed E-state index contributed by atoms with van der Waals surface area (Å²) in [6, 6.07) is 7.46. The van der Waals surface area contributed by atoms with E-state index in [0.717, 1.165) is 5.56 Å². The minimum atomic E-state index is -2.91. The van der Waals surface area contributed by atoms with Gasteiger partial charge >= 0.3 is 0 Å². The molecule has 5 heteroatoms. The van der Waals surface area contributed by atoms with Crippen LogP contribution in [-0.2, 0) is 15.3 Å². The normalized spacial score (nSPS) is 21.1. The van der Waals surface area contributed by atoms with Gasteiger partial charge in [0.05, 0.1) is 18.6 Å². The highest BCUT2D eigenvalue weighted by atomic mass is 32.2. The number of sulfone groups is 1. The van der Waals surface area contributed by atoms with Crippen molar-refractivity contribution in [3.05, 3.63) is 29.8 Å². The molecule has 0 saturated carbocycles. The number of benzene rings is 1. The summed E-state index contributed by atoms with van der Waals surface area (Å²) in [7, 11) is -1.33. The average Bonchev–Trinajstić information content (AvgIpc) is 2.25. The highest BCUT2D eigenvalue weighted by molar-refractivity contribution is 7.93. The number of ether oxygens (including phenoxy) is 1. The third-order valence-corrected chi connectivity index (χ3v) is 5.05. The Morgan fingerprint density at radius 1 is 1.38 bits per heavy atom. The van der Waals surface area contributed by atoms with Crippen molar-refractivity contribution >= 4 is 9.84 Å². The number of nitrogens with two attached hydrogens (primary N) is 1. The van der Waals surface area contributed by atoms with E-state index in [1.165, 1.54) is 0 Å². The maximum atomic E-state index is 11.3. The molecule has 0 bridgehead atoms. The summed E-state index contributed by atoms with van der Waals surface area (Å²) >= 11 is 0. The first-order valence-electron chi connectivity index (χ1n) is 5.07. The molecule has 4 nitrogen and oxygen atoms in total. The zero-order valence-corrected chi connectivity index (χ0v) is 9.96. The van der Waals surface area contributed by atoms with Crippen LogP contribution in [0.5, 0.6) is 5.75 Å². The smallest absolute Gasteiger partial charge is 0.152 e. The molecule has 0 aromatic heterocycles. The van der Waals surface area contributed by atoms with E-state index in [4.69, 9.17) is 10.5 Å². The second kappa shape index (κ2) is 3.75. The molecule has 1 fully saturated rings. The Morgan fingerprint density at radius 3 is 2.50 bits per heavy atom. The fraction of sp³-hybridized carbons (Fsp3) is 0.455. The highest BCUT2D eigenvalue weighted by Crippen LogP contribution is 2.40. The van der Waals surface area contributed by atoms with E-state index >= 15 is 0 Å². The summed E-state index contributed by atoms with van der Waals surface area (Å²) in [5, 5.41) is 0. The van der Waals surface area contributed by atoms with E-state index in [1.54, 1.807) is 7.11 Å².